The number of benzene rings is 2. The van der Waals surface area contributed by atoms with E-state index in [0.29, 0.717) is 5.92 Å². The second-order valence-corrected chi connectivity index (χ2v) is 5.29. The first-order chi connectivity index (χ1) is 8.63. The van der Waals surface area contributed by atoms with Crippen LogP contribution in [0.2, 0.25) is 0 Å². The number of pyridine rings is 1. The molecule has 3 aromatic rings. The van der Waals surface area contributed by atoms with Crippen LogP contribution in [0.5, 0.6) is 0 Å². The molecule has 0 bridgehead atoms. The normalized spacial score (nSPS) is 11.6. The van der Waals surface area contributed by atoms with Crippen LogP contribution in [0, 0.1) is 6.92 Å². The highest BCUT2D eigenvalue weighted by atomic mass is 14.7. The molecule has 0 radical (unpaired) electrons. The van der Waals surface area contributed by atoms with Crippen LogP contribution >= 0.6 is 0 Å². The molecule has 3 rings (SSSR count). The van der Waals surface area contributed by atoms with E-state index in [9.17, 15) is 0 Å². The van der Waals surface area contributed by atoms with Crippen molar-refractivity contribution in [3.8, 4) is 0 Å². The van der Waals surface area contributed by atoms with E-state index in [-0.39, 0.29) is 0 Å². The van der Waals surface area contributed by atoms with E-state index in [2.05, 4.69) is 63.2 Å². The molecule has 0 unspecified atom stereocenters. The van der Waals surface area contributed by atoms with Crippen LogP contribution in [0.3, 0.4) is 0 Å². The summed E-state index contributed by atoms with van der Waals surface area (Å²) in [6.07, 6.45) is 0. The summed E-state index contributed by atoms with van der Waals surface area (Å²) in [7, 11) is 0. The van der Waals surface area contributed by atoms with Crippen LogP contribution in [0.1, 0.15) is 30.9 Å². The lowest BCUT2D eigenvalue weighted by Gasteiger charge is -2.08. The van der Waals surface area contributed by atoms with Crippen LogP contribution in [0.15, 0.2) is 42.5 Å². The predicted molar refractivity (Wildman–Crippen MR) is 78.1 cm³/mol. The van der Waals surface area contributed by atoms with E-state index in [1.807, 2.05) is 0 Å². The van der Waals surface area contributed by atoms with Crippen molar-refractivity contribution >= 4 is 21.8 Å². The Balaban J connectivity index is 2.31. The average molecular weight is 235 g/mol. The first kappa shape index (κ1) is 11.2. The van der Waals surface area contributed by atoms with Crippen molar-refractivity contribution in [3.05, 3.63) is 53.6 Å². The van der Waals surface area contributed by atoms with Crippen LogP contribution in [0.25, 0.3) is 21.8 Å². The summed E-state index contributed by atoms with van der Waals surface area (Å²) >= 11 is 0. The molecule has 0 spiro atoms. The van der Waals surface area contributed by atoms with Gasteiger partial charge in [-0.25, -0.2) is 4.98 Å². The van der Waals surface area contributed by atoms with Gasteiger partial charge in [0.2, 0.25) is 0 Å². The van der Waals surface area contributed by atoms with Gasteiger partial charge in [-0.3, -0.25) is 0 Å². The van der Waals surface area contributed by atoms with E-state index >= 15 is 0 Å². The maximum Gasteiger partial charge on any atom is 0.0712 e. The van der Waals surface area contributed by atoms with Gasteiger partial charge >= 0.3 is 0 Å². The van der Waals surface area contributed by atoms with Gasteiger partial charge in [-0.05, 0) is 48.2 Å². The molecule has 0 saturated heterocycles. The Hall–Kier alpha value is -1.89. The monoisotopic (exact) mass is 235 g/mol. The van der Waals surface area contributed by atoms with Crippen LogP contribution in [0.4, 0.5) is 0 Å². The van der Waals surface area contributed by atoms with Gasteiger partial charge in [-0.15, -0.1) is 0 Å². The molecule has 0 aliphatic rings. The molecule has 18 heavy (non-hydrogen) atoms. The molecule has 0 N–H and O–H groups in total. The Labute approximate surface area is 107 Å². The number of rotatable bonds is 1. The summed E-state index contributed by atoms with van der Waals surface area (Å²) in [5.74, 6) is 0.558. The minimum absolute atomic E-state index is 0.558. The van der Waals surface area contributed by atoms with Crippen molar-refractivity contribution < 1.29 is 0 Å². The fraction of sp³-hybridized carbons (Fsp3) is 0.235. The quantitative estimate of drug-likeness (QED) is 0.551. The second-order valence-electron chi connectivity index (χ2n) is 5.29. The molecule has 1 heteroatoms. The molecule has 90 valence electrons. The summed E-state index contributed by atoms with van der Waals surface area (Å²) in [5.41, 5.74) is 4.79. The van der Waals surface area contributed by atoms with Crippen molar-refractivity contribution in [1.29, 1.82) is 0 Å². The largest absolute Gasteiger partial charge is 0.248 e. The molecule has 1 nitrogen and oxygen atoms in total. The molecule has 0 atom stereocenters. The zero-order valence-electron chi connectivity index (χ0n) is 11.1. The third-order valence-corrected chi connectivity index (χ3v) is 3.46. The standard InChI is InChI=1S/C17H17N/c1-11(2)13-6-7-16-15(9-13)10-14-5-4-12(3)8-17(14)18-16/h4-11H,1-3H3. The lowest BCUT2D eigenvalue weighted by Crippen LogP contribution is -1.89. The number of hydrogen-bond acceptors (Lipinski definition) is 1. The van der Waals surface area contributed by atoms with Crippen molar-refractivity contribution in [2.24, 2.45) is 0 Å². The molecule has 2 aromatic carbocycles. The van der Waals surface area contributed by atoms with Crippen LogP contribution < -0.4 is 0 Å². The lowest BCUT2D eigenvalue weighted by molar-refractivity contribution is 0.868. The smallest absolute Gasteiger partial charge is 0.0712 e. The lowest BCUT2D eigenvalue weighted by atomic mass is 10.0. The van der Waals surface area contributed by atoms with Gasteiger partial charge in [0.15, 0.2) is 0 Å². The van der Waals surface area contributed by atoms with E-state index in [1.54, 1.807) is 0 Å². The molecule has 0 aliphatic carbocycles. The fourth-order valence-corrected chi connectivity index (χ4v) is 2.32. The minimum Gasteiger partial charge on any atom is -0.248 e. The highest BCUT2D eigenvalue weighted by molar-refractivity contribution is 5.93. The maximum atomic E-state index is 4.74. The maximum absolute atomic E-state index is 4.74. The zero-order chi connectivity index (χ0) is 12.7. The van der Waals surface area contributed by atoms with Gasteiger partial charge in [0.1, 0.15) is 0 Å². The topological polar surface area (TPSA) is 12.9 Å². The Morgan fingerprint density at radius 1 is 0.833 bits per heavy atom. The summed E-state index contributed by atoms with van der Waals surface area (Å²) in [5, 5.41) is 2.45. The Morgan fingerprint density at radius 2 is 1.67 bits per heavy atom. The summed E-state index contributed by atoms with van der Waals surface area (Å²) in [4.78, 5) is 4.74. The number of aryl methyl sites for hydroxylation is 1. The Bertz CT molecular complexity index is 726. The molecule has 1 heterocycles. The van der Waals surface area contributed by atoms with Crippen molar-refractivity contribution in [1.82, 2.24) is 4.98 Å². The predicted octanol–water partition coefficient (Wildman–Crippen LogP) is 4.82. The summed E-state index contributed by atoms with van der Waals surface area (Å²) in [6.45, 7) is 6.55. The molecular weight excluding hydrogens is 218 g/mol. The van der Waals surface area contributed by atoms with E-state index in [0.717, 1.165) is 11.0 Å². The number of nitrogens with zero attached hydrogens (tertiary/aromatic N) is 1. The Kier molecular flexibility index (Phi) is 2.55. The first-order valence-electron chi connectivity index (χ1n) is 6.44. The third kappa shape index (κ3) is 1.86. The van der Waals surface area contributed by atoms with E-state index in [4.69, 9.17) is 4.98 Å². The van der Waals surface area contributed by atoms with Gasteiger partial charge < -0.3 is 0 Å². The van der Waals surface area contributed by atoms with E-state index in [1.165, 1.54) is 21.9 Å². The Morgan fingerprint density at radius 3 is 2.44 bits per heavy atom. The van der Waals surface area contributed by atoms with Crippen molar-refractivity contribution in [2.75, 3.05) is 0 Å². The van der Waals surface area contributed by atoms with Crippen LogP contribution in [-0.4, -0.2) is 4.98 Å². The van der Waals surface area contributed by atoms with Gasteiger partial charge in [0.05, 0.1) is 11.0 Å². The minimum atomic E-state index is 0.558. The van der Waals surface area contributed by atoms with Gasteiger partial charge in [-0.1, -0.05) is 32.0 Å². The second kappa shape index (κ2) is 4.09. The van der Waals surface area contributed by atoms with Crippen LogP contribution in [-0.2, 0) is 0 Å². The molecule has 0 fully saturated rings. The highest BCUT2D eigenvalue weighted by Gasteiger charge is 2.03. The number of fused-ring (bicyclic) bond motifs is 2. The zero-order valence-corrected chi connectivity index (χ0v) is 11.1. The van der Waals surface area contributed by atoms with Gasteiger partial charge in [0, 0.05) is 10.8 Å². The van der Waals surface area contributed by atoms with Gasteiger partial charge in [-0.2, -0.15) is 0 Å². The van der Waals surface area contributed by atoms with E-state index < -0.39 is 0 Å². The highest BCUT2D eigenvalue weighted by Crippen LogP contribution is 2.24. The van der Waals surface area contributed by atoms with Crippen molar-refractivity contribution in [3.63, 3.8) is 0 Å². The molecule has 0 saturated carbocycles. The van der Waals surface area contributed by atoms with Crippen molar-refractivity contribution in [2.45, 2.75) is 26.7 Å². The summed E-state index contributed by atoms with van der Waals surface area (Å²) in [6, 6.07) is 15.2. The average Bonchev–Trinajstić information content (AvgIpc) is 2.35. The number of aromatic nitrogens is 1. The first-order valence-corrected chi connectivity index (χ1v) is 6.44. The SMILES string of the molecule is Cc1ccc2cc3cc(C(C)C)ccc3nc2c1. The fourth-order valence-electron chi connectivity index (χ4n) is 2.32. The molecule has 1 aromatic heterocycles. The summed E-state index contributed by atoms with van der Waals surface area (Å²) < 4.78 is 0. The van der Waals surface area contributed by atoms with Gasteiger partial charge in [0.25, 0.3) is 0 Å². The number of hydrogen-bond donors (Lipinski definition) is 0. The molecule has 0 aliphatic heterocycles. The molecular formula is C17H17N. The molecule has 0 amide bonds. The third-order valence-electron chi connectivity index (χ3n) is 3.46.